The van der Waals surface area contributed by atoms with Crippen LogP contribution in [0.3, 0.4) is 0 Å². The standard InChI is InChI=1S/C19H23N/c1-2-14-6-8-17(9-7-14)19(20)18-12-10-16(11-13-18)15-4-3-5-15/h6-13,15,19H,2-5,20H2,1H3. The van der Waals surface area contributed by atoms with Crippen LogP contribution in [0.1, 0.15) is 60.4 Å². The lowest BCUT2D eigenvalue weighted by Gasteiger charge is -2.26. The van der Waals surface area contributed by atoms with E-state index in [2.05, 4.69) is 55.5 Å². The molecule has 0 aromatic heterocycles. The molecule has 0 spiro atoms. The van der Waals surface area contributed by atoms with Crippen molar-refractivity contribution < 1.29 is 0 Å². The second kappa shape index (κ2) is 5.80. The smallest absolute Gasteiger partial charge is 0.0551 e. The molecule has 0 radical (unpaired) electrons. The highest BCUT2D eigenvalue weighted by Gasteiger charge is 2.19. The molecular formula is C19H23N. The molecule has 20 heavy (non-hydrogen) atoms. The Morgan fingerprint density at radius 2 is 1.50 bits per heavy atom. The normalized spacial score (nSPS) is 16.7. The fraction of sp³-hybridized carbons (Fsp3) is 0.368. The molecule has 0 saturated heterocycles. The van der Waals surface area contributed by atoms with Crippen molar-refractivity contribution >= 4 is 0 Å². The minimum absolute atomic E-state index is 0.0173. The van der Waals surface area contributed by atoms with Gasteiger partial charge in [0.2, 0.25) is 0 Å². The summed E-state index contributed by atoms with van der Waals surface area (Å²) >= 11 is 0. The number of rotatable bonds is 4. The van der Waals surface area contributed by atoms with Gasteiger partial charge in [0, 0.05) is 0 Å². The van der Waals surface area contributed by atoms with Crippen LogP contribution in [0.25, 0.3) is 0 Å². The van der Waals surface area contributed by atoms with E-state index >= 15 is 0 Å². The quantitative estimate of drug-likeness (QED) is 0.861. The summed E-state index contributed by atoms with van der Waals surface area (Å²) in [4.78, 5) is 0. The summed E-state index contributed by atoms with van der Waals surface area (Å²) in [7, 11) is 0. The first-order chi connectivity index (χ1) is 9.78. The van der Waals surface area contributed by atoms with Crippen molar-refractivity contribution in [2.45, 2.75) is 44.6 Å². The van der Waals surface area contributed by atoms with Crippen molar-refractivity contribution in [3.63, 3.8) is 0 Å². The fourth-order valence-corrected chi connectivity index (χ4v) is 2.87. The van der Waals surface area contributed by atoms with Crippen LogP contribution in [0.5, 0.6) is 0 Å². The third kappa shape index (κ3) is 2.64. The van der Waals surface area contributed by atoms with Crippen LogP contribution in [0.4, 0.5) is 0 Å². The predicted molar refractivity (Wildman–Crippen MR) is 84.9 cm³/mol. The van der Waals surface area contributed by atoms with E-state index in [1.807, 2.05) is 0 Å². The van der Waals surface area contributed by atoms with Gasteiger partial charge in [-0.15, -0.1) is 0 Å². The van der Waals surface area contributed by atoms with Crippen molar-refractivity contribution in [3.05, 3.63) is 70.8 Å². The van der Waals surface area contributed by atoms with E-state index in [9.17, 15) is 0 Å². The topological polar surface area (TPSA) is 26.0 Å². The second-order valence-electron chi connectivity index (χ2n) is 5.87. The molecule has 1 aliphatic carbocycles. The molecule has 0 aliphatic heterocycles. The van der Waals surface area contributed by atoms with Crippen molar-refractivity contribution in [1.29, 1.82) is 0 Å². The Balaban J connectivity index is 1.76. The lowest BCUT2D eigenvalue weighted by molar-refractivity contribution is 0.419. The first-order valence-corrected chi connectivity index (χ1v) is 7.72. The minimum atomic E-state index is -0.0173. The van der Waals surface area contributed by atoms with Gasteiger partial charge in [0.05, 0.1) is 6.04 Å². The highest BCUT2D eigenvalue weighted by Crippen LogP contribution is 2.36. The summed E-state index contributed by atoms with van der Waals surface area (Å²) in [6.07, 6.45) is 5.16. The van der Waals surface area contributed by atoms with Gasteiger partial charge in [-0.2, -0.15) is 0 Å². The largest absolute Gasteiger partial charge is 0.320 e. The second-order valence-corrected chi connectivity index (χ2v) is 5.87. The molecule has 104 valence electrons. The maximum Gasteiger partial charge on any atom is 0.0551 e. The van der Waals surface area contributed by atoms with Crippen molar-refractivity contribution in [3.8, 4) is 0 Å². The molecular weight excluding hydrogens is 242 g/mol. The van der Waals surface area contributed by atoms with E-state index in [0.29, 0.717) is 0 Å². The van der Waals surface area contributed by atoms with Gasteiger partial charge in [-0.1, -0.05) is 61.9 Å². The zero-order chi connectivity index (χ0) is 13.9. The van der Waals surface area contributed by atoms with E-state index in [4.69, 9.17) is 5.73 Å². The zero-order valence-electron chi connectivity index (χ0n) is 12.2. The molecule has 1 aliphatic rings. The Hall–Kier alpha value is -1.60. The molecule has 3 rings (SSSR count). The summed E-state index contributed by atoms with van der Waals surface area (Å²) in [6, 6.07) is 17.6. The Labute approximate surface area is 121 Å². The van der Waals surface area contributed by atoms with Crippen LogP contribution in [-0.4, -0.2) is 0 Å². The van der Waals surface area contributed by atoms with Crippen molar-refractivity contribution in [1.82, 2.24) is 0 Å². The Bertz CT molecular complexity index is 549. The predicted octanol–water partition coefficient (Wildman–Crippen LogP) is 4.56. The van der Waals surface area contributed by atoms with Crippen molar-refractivity contribution in [2.75, 3.05) is 0 Å². The third-order valence-electron chi connectivity index (χ3n) is 4.62. The zero-order valence-corrected chi connectivity index (χ0v) is 12.2. The Kier molecular flexibility index (Phi) is 3.88. The van der Waals surface area contributed by atoms with E-state index in [0.717, 1.165) is 12.3 Å². The van der Waals surface area contributed by atoms with Gasteiger partial charge >= 0.3 is 0 Å². The van der Waals surface area contributed by atoms with Crippen molar-refractivity contribution in [2.24, 2.45) is 5.73 Å². The van der Waals surface area contributed by atoms with Gasteiger partial charge in [-0.3, -0.25) is 0 Å². The summed E-state index contributed by atoms with van der Waals surface area (Å²) in [5.74, 6) is 0.795. The summed E-state index contributed by atoms with van der Waals surface area (Å²) in [5.41, 5.74) is 11.6. The molecule has 0 bridgehead atoms. The van der Waals surface area contributed by atoms with Crippen LogP contribution in [-0.2, 0) is 6.42 Å². The monoisotopic (exact) mass is 265 g/mol. The molecule has 0 amide bonds. The fourth-order valence-electron chi connectivity index (χ4n) is 2.87. The molecule has 2 aromatic rings. The maximum atomic E-state index is 6.38. The highest BCUT2D eigenvalue weighted by molar-refractivity contribution is 5.35. The van der Waals surface area contributed by atoms with Gasteiger partial charge in [0.1, 0.15) is 0 Å². The van der Waals surface area contributed by atoms with E-state index < -0.39 is 0 Å². The minimum Gasteiger partial charge on any atom is -0.320 e. The molecule has 1 unspecified atom stereocenters. The lowest BCUT2D eigenvalue weighted by atomic mass is 9.79. The SMILES string of the molecule is CCc1ccc(C(N)c2ccc(C3CCC3)cc2)cc1. The number of aryl methyl sites for hydroxylation is 1. The van der Waals surface area contributed by atoms with Gasteiger partial charge in [-0.25, -0.2) is 0 Å². The van der Waals surface area contributed by atoms with Crippen LogP contribution in [0, 0.1) is 0 Å². The Morgan fingerprint density at radius 3 is 1.95 bits per heavy atom. The van der Waals surface area contributed by atoms with Gasteiger partial charge < -0.3 is 5.73 Å². The molecule has 0 heterocycles. The molecule has 2 N–H and O–H groups in total. The number of hydrogen-bond donors (Lipinski definition) is 1. The Morgan fingerprint density at radius 1 is 0.950 bits per heavy atom. The highest BCUT2D eigenvalue weighted by atomic mass is 14.6. The average molecular weight is 265 g/mol. The van der Waals surface area contributed by atoms with Crippen LogP contribution >= 0.6 is 0 Å². The number of hydrogen-bond acceptors (Lipinski definition) is 1. The molecule has 1 saturated carbocycles. The molecule has 1 fully saturated rings. The maximum absolute atomic E-state index is 6.38. The molecule has 1 atom stereocenters. The lowest BCUT2D eigenvalue weighted by Crippen LogP contribution is -2.13. The number of nitrogens with two attached hydrogens (primary N) is 1. The molecule has 2 aromatic carbocycles. The molecule has 1 nitrogen and oxygen atoms in total. The summed E-state index contributed by atoms with van der Waals surface area (Å²) < 4.78 is 0. The summed E-state index contributed by atoms with van der Waals surface area (Å²) in [5, 5.41) is 0. The van der Waals surface area contributed by atoms with Gasteiger partial charge in [0.15, 0.2) is 0 Å². The van der Waals surface area contributed by atoms with E-state index in [1.54, 1.807) is 0 Å². The van der Waals surface area contributed by atoms with Crippen LogP contribution < -0.4 is 5.73 Å². The average Bonchev–Trinajstić information content (AvgIpc) is 2.46. The third-order valence-corrected chi connectivity index (χ3v) is 4.62. The van der Waals surface area contributed by atoms with Crippen LogP contribution in [0.15, 0.2) is 48.5 Å². The first kappa shape index (κ1) is 13.4. The van der Waals surface area contributed by atoms with E-state index in [-0.39, 0.29) is 6.04 Å². The number of benzene rings is 2. The van der Waals surface area contributed by atoms with Gasteiger partial charge in [0.25, 0.3) is 0 Å². The van der Waals surface area contributed by atoms with Crippen LogP contribution in [0.2, 0.25) is 0 Å². The van der Waals surface area contributed by atoms with E-state index in [1.165, 1.54) is 41.5 Å². The van der Waals surface area contributed by atoms with Gasteiger partial charge in [-0.05, 0) is 47.4 Å². The first-order valence-electron chi connectivity index (χ1n) is 7.72. The molecule has 1 heteroatoms. The summed E-state index contributed by atoms with van der Waals surface area (Å²) in [6.45, 7) is 2.17.